The summed E-state index contributed by atoms with van der Waals surface area (Å²) in [6, 6.07) is 2.33. The van der Waals surface area contributed by atoms with Gasteiger partial charge in [0.15, 0.2) is 0 Å². The van der Waals surface area contributed by atoms with E-state index in [0.717, 1.165) is 0 Å². The third-order valence-electron chi connectivity index (χ3n) is 3.53. The van der Waals surface area contributed by atoms with E-state index >= 15 is 0 Å². The molecule has 2 atom stereocenters. The minimum Gasteiger partial charge on any atom is -0.345 e. The molecule has 9 heteroatoms. The van der Waals surface area contributed by atoms with Gasteiger partial charge in [0.05, 0.1) is 11.5 Å². The van der Waals surface area contributed by atoms with E-state index in [1.54, 1.807) is 14.1 Å². The summed E-state index contributed by atoms with van der Waals surface area (Å²) < 4.78 is 37.1. The van der Waals surface area contributed by atoms with Crippen molar-refractivity contribution >= 4 is 17.8 Å². The third kappa shape index (κ3) is 4.57. The number of rotatable bonds is 4. The summed E-state index contributed by atoms with van der Waals surface area (Å²) in [5.41, 5.74) is 0.368. The fraction of sp³-hybridized carbons (Fsp3) is 0.500. The van der Waals surface area contributed by atoms with Crippen LogP contribution >= 0.6 is 0 Å². The molecule has 0 unspecified atom stereocenters. The van der Waals surface area contributed by atoms with Crippen LogP contribution < -0.4 is 10.6 Å². The average Bonchev–Trinajstić information content (AvgIpc) is 3.25. The average molecular weight is 330 g/mol. The molecule has 0 aliphatic heterocycles. The number of hydrogen-bond donors (Lipinski definition) is 2. The van der Waals surface area contributed by atoms with Crippen molar-refractivity contribution in [3.8, 4) is 0 Å². The molecule has 23 heavy (non-hydrogen) atoms. The molecule has 126 valence electrons. The zero-order chi connectivity index (χ0) is 17.2. The fourth-order valence-corrected chi connectivity index (χ4v) is 2.11. The van der Waals surface area contributed by atoms with Gasteiger partial charge >= 0.3 is 12.2 Å². The minimum absolute atomic E-state index is 0.0345. The molecular formula is C14H17F3N4O2. The minimum atomic E-state index is -4.20. The lowest BCUT2D eigenvalue weighted by atomic mass is 10.2. The van der Waals surface area contributed by atoms with Crippen molar-refractivity contribution in [1.29, 1.82) is 0 Å². The number of carbonyl (C=O) groups excluding carboxylic acids is 2. The van der Waals surface area contributed by atoms with Crippen LogP contribution in [-0.4, -0.2) is 48.6 Å². The van der Waals surface area contributed by atoms with Gasteiger partial charge in [0.1, 0.15) is 5.82 Å². The highest BCUT2D eigenvalue weighted by molar-refractivity contribution is 5.94. The van der Waals surface area contributed by atoms with Crippen LogP contribution in [0.15, 0.2) is 18.3 Å². The lowest BCUT2D eigenvalue weighted by Crippen LogP contribution is -2.31. The van der Waals surface area contributed by atoms with Crippen molar-refractivity contribution in [3.63, 3.8) is 0 Å². The van der Waals surface area contributed by atoms with E-state index < -0.39 is 24.0 Å². The molecule has 6 nitrogen and oxygen atoms in total. The molecule has 0 bridgehead atoms. The van der Waals surface area contributed by atoms with Crippen molar-refractivity contribution in [2.45, 2.75) is 12.6 Å². The molecule has 1 fully saturated rings. The van der Waals surface area contributed by atoms with E-state index in [4.69, 9.17) is 0 Å². The Hall–Kier alpha value is -2.32. The molecule has 1 aliphatic rings. The van der Waals surface area contributed by atoms with Crippen LogP contribution in [-0.2, 0) is 0 Å². The van der Waals surface area contributed by atoms with Crippen LogP contribution in [0.25, 0.3) is 0 Å². The Labute approximate surface area is 131 Å². The molecule has 0 aromatic carbocycles. The number of carbonyl (C=O) groups is 2. The van der Waals surface area contributed by atoms with Crippen LogP contribution in [0.5, 0.6) is 0 Å². The molecule has 1 heterocycles. The Bertz CT molecular complexity index is 587. The zero-order valence-electron chi connectivity index (χ0n) is 12.6. The molecule has 2 N–H and O–H groups in total. The van der Waals surface area contributed by atoms with E-state index in [9.17, 15) is 22.8 Å². The first-order chi connectivity index (χ1) is 10.7. The topological polar surface area (TPSA) is 74.3 Å². The first kappa shape index (κ1) is 17.0. The van der Waals surface area contributed by atoms with E-state index in [1.807, 2.05) is 0 Å². The van der Waals surface area contributed by atoms with Gasteiger partial charge in [0.25, 0.3) is 5.91 Å². The lowest BCUT2D eigenvalue weighted by Gasteiger charge is -2.11. The van der Waals surface area contributed by atoms with Gasteiger partial charge in [0, 0.05) is 26.8 Å². The highest BCUT2D eigenvalue weighted by atomic mass is 19.4. The van der Waals surface area contributed by atoms with Gasteiger partial charge in [0.2, 0.25) is 0 Å². The first-order valence-electron chi connectivity index (χ1n) is 6.97. The van der Waals surface area contributed by atoms with Gasteiger partial charge in [-0.3, -0.25) is 10.1 Å². The number of nitrogens with zero attached hydrogens (tertiary/aromatic N) is 2. The van der Waals surface area contributed by atoms with Gasteiger partial charge in [-0.2, -0.15) is 13.2 Å². The Balaban J connectivity index is 1.79. The van der Waals surface area contributed by atoms with E-state index in [-0.39, 0.29) is 24.7 Å². The number of nitrogens with one attached hydrogen (secondary N) is 2. The molecule has 0 radical (unpaired) electrons. The van der Waals surface area contributed by atoms with Crippen molar-refractivity contribution < 1.29 is 22.8 Å². The Morgan fingerprint density at radius 3 is 2.52 bits per heavy atom. The Kier molecular flexibility index (Phi) is 4.76. The predicted molar refractivity (Wildman–Crippen MR) is 76.9 cm³/mol. The van der Waals surface area contributed by atoms with Crippen molar-refractivity contribution in [2.24, 2.45) is 11.8 Å². The zero-order valence-corrected chi connectivity index (χ0v) is 12.6. The lowest BCUT2D eigenvalue weighted by molar-refractivity contribution is -0.150. The normalized spacial score (nSPS) is 19.9. The summed E-state index contributed by atoms with van der Waals surface area (Å²) in [6.07, 6.45) is -2.83. The summed E-state index contributed by atoms with van der Waals surface area (Å²) >= 11 is 0. The molecule has 1 aromatic heterocycles. The van der Waals surface area contributed by atoms with Crippen LogP contribution in [0.2, 0.25) is 0 Å². The molecular weight excluding hydrogens is 313 g/mol. The number of pyridine rings is 1. The van der Waals surface area contributed by atoms with E-state index in [1.165, 1.54) is 23.2 Å². The smallest absolute Gasteiger partial charge is 0.345 e. The first-order valence-corrected chi connectivity index (χ1v) is 6.97. The largest absolute Gasteiger partial charge is 0.392 e. The van der Waals surface area contributed by atoms with Crippen molar-refractivity contribution in [2.75, 3.05) is 26.0 Å². The van der Waals surface area contributed by atoms with Crippen LogP contribution in [0.3, 0.4) is 0 Å². The maximum atomic E-state index is 12.4. The second-order valence-electron chi connectivity index (χ2n) is 5.61. The standard InChI is InChI=1S/C14H17F3N4O2/c1-21(2)12(22)8-3-4-11(18-6-8)20-13(23)19-7-9-5-10(9)14(15,16)17/h3-4,6,9-10H,5,7H2,1-2H3,(H2,18,19,20,23)/t9-,10+/m0/s1. The maximum absolute atomic E-state index is 12.4. The number of aromatic nitrogens is 1. The van der Waals surface area contributed by atoms with Crippen LogP contribution in [0.1, 0.15) is 16.8 Å². The summed E-state index contributed by atoms with van der Waals surface area (Å²) in [4.78, 5) is 28.6. The molecule has 0 saturated heterocycles. The fourth-order valence-electron chi connectivity index (χ4n) is 2.11. The quantitative estimate of drug-likeness (QED) is 0.888. The molecule has 2 rings (SSSR count). The maximum Gasteiger partial charge on any atom is 0.392 e. The summed E-state index contributed by atoms with van der Waals surface area (Å²) in [7, 11) is 3.21. The summed E-state index contributed by atoms with van der Waals surface area (Å²) in [5.74, 6) is -1.90. The highest BCUT2D eigenvalue weighted by Crippen LogP contribution is 2.49. The Morgan fingerprint density at radius 1 is 1.35 bits per heavy atom. The van der Waals surface area contributed by atoms with Crippen molar-refractivity contribution in [3.05, 3.63) is 23.9 Å². The highest BCUT2D eigenvalue weighted by Gasteiger charge is 2.55. The monoisotopic (exact) mass is 330 g/mol. The third-order valence-corrected chi connectivity index (χ3v) is 3.53. The van der Waals surface area contributed by atoms with Crippen molar-refractivity contribution in [1.82, 2.24) is 15.2 Å². The van der Waals surface area contributed by atoms with E-state index in [2.05, 4.69) is 15.6 Å². The Morgan fingerprint density at radius 2 is 2.04 bits per heavy atom. The van der Waals surface area contributed by atoms with Gasteiger partial charge in [-0.05, 0) is 24.5 Å². The van der Waals surface area contributed by atoms with Gasteiger partial charge in [-0.1, -0.05) is 0 Å². The number of anilines is 1. The number of urea groups is 1. The predicted octanol–water partition coefficient (Wildman–Crippen LogP) is 2.10. The van der Waals surface area contributed by atoms with Gasteiger partial charge in [-0.25, -0.2) is 9.78 Å². The molecule has 1 saturated carbocycles. The molecule has 0 spiro atoms. The van der Waals surface area contributed by atoms with Crippen LogP contribution in [0, 0.1) is 11.8 Å². The number of amides is 3. The van der Waals surface area contributed by atoms with Crippen LogP contribution in [0.4, 0.5) is 23.8 Å². The summed E-state index contributed by atoms with van der Waals surface area (Å²) in [5, 5.41) is 4.79. The van der Waals surface area contributed by atoms with Gasteiger partial charge in [-0.15, -0.1) is 0 Å². The SMILES string of the molecule is CN(C)C(=O)c1ccc(NC(=O)NC[C@@H]2C[C@H]2C(F)(F)F)nc1. The second-order valence-corrected chi connectivity index (χ2v) is 5.61. The molecule has 1 aliphatic carbocycles. The summed E-state index contributed by atoms with van der Waals surface area (Å²) in [6.45, 7) is -0.0345. The van der Waals surface area contributed by atoms with E-state index in [0.29, 0.717) is 5.56 Å². The second kappa shape index (κ2) is 6.43. The number of halogens is 3. The number of hydrogen-bond acceptors (Lipinski definition) is 3. The number of alkyl halides is 3. The van der Waals surface area contributed by atoms with Gasteiger partial charge < -0.3 is 10.2 Å². The molecule has 1 aromatic rings. The molecule has 3 amide bonds.